The Morgan fingerprint density at radius 1 is 1.05 bits per heavy atom. The summed E-state index contributed by atoms with van der Waals surface area (Å²) in [5.41, 5.74) is 0.715. The largest absolute Gasteiger partial charge is 0.359 e. The quantitative estimate of drug-likeness (QED) is 0.866. The first-order valence-electron chi connectivity index (χ1n) is 9.60. The topological polar surface area (TPSA) is 32.3 Å². The van der Waals surface area contributed by atoms with E-state index < -0.39 is 0 Å². The molecular formula is C19H32N2O. The van der Waals surface area contributed by atoms with Crippen LogP contribution in [0, 0.1) is 29.1 Å². The zero-order valence-electron chi connectivity index (χ0n) is 14.2. The first-order chi connectivity index (χ1) is 10.7. The van der Waals surface area contributed by atoms with Gasteiger partial charge in [0.05, 0.1) is 0 Å². The van der Waals surface area contributed by atoms with Gasteiger partial charge in [-0.05, 0) is 101 Å². The number of amides is 1. The Kier molecular flexibility index (Phi) is 3.96. The molecule has 5 aliphatic rings. The van der Waals surface area contributed by atoms with Gasteiger partial charge in [-0.1, -0.05) is 0 Å². The summed E-state index contributed by atoms with van der Waals surface area (Å²) in [4.78, 5) is 14.4. The Morgan fingerprint density at radius 2 is 1.59 bits per heavy atom. The lowest BCUT2D eigenvalue weighted by Gasteiger charge is -2.57. The molecule has 4 aliphatic carbocycles. The highest BCUT2D eigenvalue weighted by Crippen LogP contribution is 2.61. The summed E-state index contributed by atoms with van der Waals surface area (Å²) >= 11 is 0. The predicted octanol–water partition coefficient (Wildman–Crippen LogP) is 3.05. The van der Waals surface area contributed by atoms with Crippen LogP contribution in [0.5, 0.6) is 0 Å². The van der Waals surface area contributed by atoms with Crippen molar-refractivity contribution < 1.29 is 4.79 Å². The van der Waals surface area contributed by atoms with E-state index in [9.17, 15) is 4.79 Å². The standard InChI is InChI=1S/C19H32N2O/c1-20-18(22)17-2-5-21(6-3-17)7-4-19-11-14-8-15(12-19)10-16(9-14)13-19/h14-17H,2-13H2,1H3,(H,20,22). The SMILES string of the molecule is CNC(=O)C1CCN(CCC23CC4CC(CC(C4)C2)C3)CC1. The van der Waals surface area contributed by atoms with Crippen LogP contribution in [0.15, 0.2) is 0 Å². The molecule has 1 heterocycles. The van der Waals surface area contributed by atoms with Crippen LogP contribution >= 0.6 is 0 Å². The van der Waals surface area contributed by atoms with Crippen LogP contribution in [-0.4, -0.2) is 37.5 Å². The van der Waals surface area contributed by atoms with E-state index in [0.29, 0.717) is 5.41 Å². The molecule has 4 saturated carbocycles. The van der Waals surface area contributed by atoms with Crippen LogP contribution in [0.25, 0.3) is 0 Å². The van der Waals surface area contributed by atoms with Crippen LogP contribution in [0.3, 0.4) is 0 Å². The molecule has 3 nitrogen and oxygen atoms in total. The minimum absolute atomic E-state index is 0.251. The number of likely N-dealkylation sites (tertiary alicyclic amines) is 1. The third-order valence-electron chi connectivity index (χ3n) is 7.33. The molecule has 1 aliphatic heterocycles. The molecule has 124 valence electrons. The second-order valence-electron chi connectivity index (χ2n) is 8.90. The van der Waals surface area contributed by atoms with Crippen LogP contribution in [0.2, 0.25) is 0 Å². The summed E-state index contributed by atoms with van der Waals surface area (Å²) in [7, 11) is 1.77. The van der Waals surface area contributed by atoms with Gasteiger partial charge in [-0.2, -0.15) is 0 Å². The number of carbonyl (C=O) groups excluding carboxylic acids is 1. The van der Waals surface area contributed by atoms with Crippen LogP contribution in [0.4, 0.5) is 0 Å². The summed E-state index contributed by atoms with van der Waals surface area (Å²) in [5.74, 6) is 3.74. The average Bonchev–Trinajstić information content (AvgIpc) is 2.51. The monoisotopic (exact) mass is 304 g/mol. The molecule has 3 heteroatoms. The zero-order valence-corrected chi connectivity index (χ0v) is 14.2. The van der Waals surface area contributed by atoms with Gasteiger partial charge in [-0.3, -0.25) is 4.79 Å². The number of nitrogens with zero attached hydrogens (tertiary/aromatic N) is 1. The predicted molar refractivity (Wildman–Crippen MR) is 88.5 cm³/mol. The van der Waals surface area contributed by atoms with Gasteiger partial charge in [-0.15, -0.1) is 0 Å². The maximum Gasteiger partial charge on any atom is 0.222 e. The fraction of sp³-hybridized carbons (Fsp3) is 0.947. The molecule has 0 spiro atoms. The molecule has 1 amide bonds. The molecule has 1 N–H and O–H groups in total. The van der Waals surface area contributed by atoms with Crippen LogP contribution in [-0.2, 0) is 4.79 Å². The Hall–Kier alpha value is -0.570. The van der Waals surface area contributed by atoms with E-state index in [2.05, 4.69) is 10.2 Å². The molecule has 0 aromatic carbocycles. The van der Waals surface area contributed by atoms with Crippen molar-refractivity contribution in [2.45, 2.75) is 57.8 Å². The fourth-order valence-corrected chi connectivity index (χ4v) is 6.61. The normalized spacial score (nSPS) is 41.8. The first kappa shape index (κ1) is 15.0. The van der Waals surface area contributed by atoms with Crippen molar-refractivity contribution in [1.29, 1.82) is 0 Å². The lowest BCUT2D eigenvalue weighted by Crippen LogP contribution is -2.48. The highest BCUT2D eigenvalue weighted by molar-refractivity contribution is 5.78. The van der Waals surface area contributed by atoms with Crippen molar-refractivity contribution in [3.8, 4) is 0 Å². The van der Waals surface area contributed by atoms with Crippen molar-refractivity contribution in [2.75, 3.05) is 26.7 Å². The summed E-state index contributed by atoms with van der Waals surface area (Å²) < 4.78 is 0. The van der Waals surface area contributed by atoms with Gasteiger partial charge in [0.2, 0.25) is 5.91 Å². The number of carbonyl (C=O) groups is 1. The molecule has 0 aromatic heterocycles. The van der Waals surface area contributed by atoms with Crippen molar-refractivity contribution in [3.05, 3.63) is 0 Å². The second kappa shape index (κ2) is 5.81. The molecule has 4 bridgehead atoms. The summed E-state index contributed by atoms with van der Waals surface area (Å²) in [6.07, 6.45) is 12.8. The molecule has 1 saturated heterocycles. The molecule has 5 fully saturated rings. The molecule has 0 unspecified atom stereocenters. The molecule has 0 aromatic rings. The van der Waals surface area contributed by atoms with Crippen molar-refractivity contribution in [1.82, 2.24) is 10.2 Å². The molecule has 22 heavy (non-hydrogen) atoms. The summed E-state index contributed by atoms with van der Waals surface area (Å²) in [6, 6.07) is 0. The van der Waals surface area contributed by atoms with E-state index in [4.69, 9.17) is 0 Å². The van der Waals surface area contributed by atoms with E-state index in [1.165, 1.54) is 32.2 Å². The van der Waals surface area contributed by atoms with Crippen molar-refractivity contribution in [2.24, 2.45) is 29.1 Å². The highest BCUT2D eigenvalue weighted by atomic mass is 16.1. The van der Waals surface area contributed by atoms with Gasteiger partial charge in [-0.25, -0.2) is 0 Å². The van der Waals surface area contributed by atoms with Crippen molar-refractivity contribution >= 4 is 5.91 Å². The highest BCUT2D eigenvalue weighted by Gasteiger charge is 2.50. The minimum Gasteiger partial charge on any atom is -0.359 e. The van der Waals surface area contributed by atoms with E-state index in [1.807, 2.05) is 0 Å². The number of hydrogen-bond donors (Lipinski definition) is 1. The van der Waals surface area contributed by atoms with Crippen molar-refractivity contribution in [3.63, 3.8) is 0 Å². The van der Waals surface area contributed by atoms with Gasteiger partial charge < -0.3 is 10.2 Å². The first-order valence-corrected chi connectivity index (χ1v) is 9.60. The third kappa shape index (κ3) is 2.81. The Labute approximate surface area is 135 Å². The van der Waals surface area contributed by atoms with Gasteiger partial charge >= 0.3 is 0 Å². The van der Waals surface area contributed by atoms with E-state index >= 15 is 0 Å². The summed E-state index contributed by atoms with van der Waals surface area (Å²) in [6.45, 7) is 3.54. The molecule has 5 rings (SSSR count). The lowest BCUT2D eigenvalue weighted by molar-refractivity contribution is -0.126. The Bertz CT molecular complexity index is 390. The molecule has 0 radical (unpaired) electrons. The second-order valence-corrected chi connectivity index (χ2v) is 8.90. The van der Waals surface area contributed by atoms with Crippen LogP contribution < -0.4 is 5.32 Å². The average molecular weight is 304 g/mol. The number of rotatable bonds is 4. The summed E-state index contributed by atoms with van der Waals surface area (Å²) in [5, 5.41) is 2.81. The number of piperidine rings is 1. The van der Waals surface area contributed by atoms with E-state index in [-0.39, 0.29) is 11.8 Å². The van der Waals surface area contributed by atoms with Gasteiger partial charge in [0.15, 0.2) is 0 Å². The van der Waals surface area contributed by atoms with Gasteiger partial charge in [0.1, 0.15) is 0 Å². The number of nitrogens with one attached hydrogen (secondary N) is 1. The van der Waals surface area contributed by atoms with Gasteiger partial charge in [0.25, 0.3) is 0 Å². The maximum atomic E-state index is 11.7. The van der Waals surface area contributed by atoms with E-state index in [1.54, 1.807) is 26.3 Å². The smallest absolute Gasteiger partial charge is 0.222 e. The third-order valence-corrected chi connectivity index (χ3v) is 7.33. The molecule has 0 atom stereocenters. The molecular weight excluding hydrogens is 272 g/mol. The lowest BCUT2D eigenvalue weighted by atomic mass is 9.49. The van der Waals surface area contributed by atoms with E-state index in [0.717, 1.165) is 43.7 Å². The maximum absolute atomic E-state index is 11.7. The van der Waals surface area contributed by atoms with Crippen LogP contribution in [0.1, 0.15) is 57.8 Å². The van der Waals surface area contributed by atoms with Gasteiger partial charge in [0, 0.05) is 13.0 Å². The Balaban J connectivity index is 1.28. The minimum atomic E-state index is 0.251. The Morgan fingerprint density at radius 3 is 2.09 bits per heavy atom. The fourth-order valence-electron chi connectivity index (χ4n) is 6.61. The zero-order chi connectivity index (χ0) is 15.2. The number of hydrogen-bond acceptors (Lipinski definition) is 2.